The SMILES string of the molecule is CCC[C@@H]([C@H](C)O)N1C(=O)[C@@](C)(CC(=O)O)C[C@H](c2cccc(Cl)c2)[C@H]1C1C=CC(Cl)=CC1. The van der Waals surface area contributed by atoms with Crippen LogP contribution in [0, 0.1) is 11.3 Å². The van der Waals surface area contributed by atoms with E-state index in [-0.39, 0.29) is 30.2 Å². The van der Waals surface area contributed by atoms with Crippen LogP contribution in [0.25, 0.3) is 0 Å². The van der Waals surface area contributed by atoms with Crippen molar-refractivity contribution in [2.45, 2.75) is 77.0 Å². The first kappa shape index (κ1) is 25.8. The maximum atomic E-state index is 14.0. The molecule has 1 fully saturated rings. The van der Waals surface area contributed by atoms with Crippen LogP contribution in [0.2, 0.25) is 5.02 Å². The Hall–Kier alpha value is -1.82. The molecule has 1 aliphatic carbocycles. The van der Waals surface area contributed by atoms with Gasteiger partial charge in [-0.3, -0.25) is 9.59 Å². The third-order valence-electron chi connectivity index (χ3n) is 7.00. The number of hydrogen-bond donors (Lipinski definition) is 2. The van der Waals surface area contributed by atoms with Gasteiger partial charge in [-0.2, -0.15) is 0 Å². The molecule has 180 valence electrons. The van der Waals surface area contributed by atoms with Crippen molar-refractivity contribution in [3.8, 4) is 0 Å². The van der Waals surface area contributed by atoms with E-state index in [0.29, 0.717) is 29.3 Å². The molecule has 0 aromatic heterocycles. The fourth-order valence-corrected chi connectivity index (χ4v) is 5.88. The summed E-state index contributed by atoms with van der Waals surface area (Å²) in [5.41, 5.74) is -0.126. The minimum atomic E-state index is -1.10. The summed E-state index contributed by atoms with van der Waals surface area (Å²) in [6.45, 7) is 5.46. The maximum Gasteiger partial charge on any atom is 0.304 e. The first-order valence-corrected chi connectivity index (χ1v) is 12.3. The van der Waals surface area contributed by atoms with Crippen LogP contribution in [0.4, 0.5) is 0 Å². The van der Waals surface area contributed by atoms with E-state index in [9.17, 15) is 19.8 Å². The Kier molecular flexibility index (Phi) is 8.31. The summed E-state index contributed by atoms with van der Waals surface area (Å²) in [5, 5.41) is 21.7. The number of nitrogens with zero attached hydrogens (tertiary/aromatic N) is 1. The van der Waals surface area contributed by atoms with Crippen LogP contribution >= 0.6 is 23.2 Å². The highest BCUT2D eigenvalue weighted by Gasteiger charge is 2.54. The summed E-state index contributed by atoms with van der Waals surface area (Å²) in [6, 6.07) is 6.90. The maximum absolute atomic E-state index is 14.0. The van der Waals surface area contributed by atoms with Crippen molar-refractivity contribution in [3.63, 3.8) is 0 Å². The third-order valence-corrected chi connectivity index (χ3v) is 7.51. The van der Waals surface area contributed by atoms with Crippen LogP contribution in [0.15, 0.2) is 47.5 Å². The van der Waals surface area contributed by atoms with Crippen LogP contribution in [-0.4, -0.2) is 45.2 Å². The number of piperidine rings is 1. The molecule has 1 saturated heterocycles. The van der Waals surface area contributed by atoms with Gasteiger partial charge in [-0.15, -0.1) is 0 Å². The molecular formula is C26H33Cl2NO4. The number of amides is 1. The van der Waals surface area contributed by atoms with Crippen molar-refractivity contribution in [2.75, 3.05) is 0 Å². The largest absolute Gasteiger partial charge is 0.481 e. The quantitative estimate of drug-likeness (QED) is 0.482. The smallest absolute Gasteiger partial charge is 0.304 e. The molecule has 33 heavy (non-hydrogen) atoms. The van der Waals surface area contributed by atoms with Crippen LogP contribution in [0.1, 0.15) is 64.4 Å². The Balaban J connectivity index is 2.19. The number of benzene rings is 1. The lowest BCUT2D eigenvalue weighted by atomic mass is 9.65. The minimum absolute atomic E-state index is 0.0204. The fourth-order valence-electron chi connectivity index (χ4n) is 5.52. The molecule has 7 heteroatoms. The van der Waals surface area contributed by atoms with Gasteiger partial charge in [0.15, 0.2) is 0 Å². The van der Waals surface area contributed by atoms with Crippen molar-refractivity contribution in [2.24, 2.45) is 11.3 Å². The zero-order valence-electron chi connectivity index (χ0n) is 19.4. The number of halogens is 2. The monoisotopic (exact) mass is 493 g/mol. The predicted molar refractivity (Wildman–Crippen MR) is 131 cm³/mol. The van der Waals surface area contributed by atoms with Gasteiger partial charge in [0, 0.05) is 27.9 Å². The number of rotatable bonds is 8. The molecule has 1 aromatic carbocycles. The first-order chi connectivity index (χ1) is 15.6. The molecule has 0 radical (unpaired) electrons. The van der Waals surface area contributed by atoms with Crippen LogP contribution in [-0.2, 0) is 9.59 Å². The Morgan fingerprint density at radius 1 is 1.33 bits per heavy atom. The summed E-state index contributed by atoms with van der Waals surface area (Å²) in [7, 11) is 0. The number of likely N-dealkylation sites (tertiary alicyclic amines) is 1. The highest BCUT2D eigenvalue weighted by atomic mass is 35.5. The Labute approximate surface area is 206 Å². The highest BCUT2D eigenvalue weighted by molar-refractivity contribution is 6.31. The molecule has 0 saturated carbocycles. The summed E-state index contributed by atoms with van der Waals surface area (Å²) in [4.78, 5) is 27.6. The number of aliphatic hydroxyl groups excluding tert-OH is 1. The summed E-state index contributed by atoms with van der Waals surface area (Å²) < 4.78 is 0. The second-order valence-corrected chi connectivity index (χ2v) is 10.5. The molecule has 0 bridgehead atoms. The Bertz CT molecular complexity index is 944. The lowest BCUT2D eigenvalue weighted by Gasteiger charge is -2.54. The van der Waals surface area contributed by atoms with Crippen LogP contribution in [0.5, 0.6) is 0 Å². The lowest BCUT2D eigenvalue weighted by Crippen LogP contribution is -2.63. The second-order valence-electron chi connectivity index (χ2n) is 9.64. The molecule has 2 N–H and O–H groups in total. The second kappa shape index (κ2) is 10.6. The van der Waals surface area contributed by atoms with Gasteiger partial charge < -0.3 is 15.1 Å². The summed E-state index contributed by atoms with van der Waals surface area (Å²) in [5.74, 6) is -1.39. The minimum Gasteiger partial charge on any atom is -0.481 e. The lowest BCUT2D eigenvalue weighted by molar-refractivity contribution is -0.164. The first-order valence-electron chi connectivity index (χ1n) is 11.6. The molecule has 1 unspecified atom stereocenters. The van der Waals surface area contributed by atoms with Crippen molar-refractivity contribution < 1.29 is 19.8 Å². The van der Waals surface area contributed by atoms with E-state index >= 15 is 0 Å². The number of carboxylic acid groups (broad SMARTS) is 1. The van der Waals surface area contributed by atoms with Crippen LogP contribution < -0.4 is 0 Å². The van der Waals surface area contributed by atoms with E-state index in [2.05, 4.69) is 0 Å². The average Bonchev–Trinajstić information content (AvgIpc) is 2.74. The van der Waals surface area contributed by atoms with Gasteiger partial charge in [0.05, 0.1) is 24.0 Å². The van der Waals surface area contributed by atoms with Gasteiger partial charge in [-0.25, -0.2) is 0 Å². The topological polar surface area (TPSA) is 77.8 Å². The van der Waals surface area contributed by atoms with E-state index in [4.69, 9.17) is 23.2 Å². The van der Waals surface area contributed by atoms with Gasteiger partial charge >= 0.3 is 5.97 Å². The van der Waals surface area contributed by atoms with Gasteiger partial charge in [-0.05, 0) is 50.0 Å². The zero-order valence-corrected chi connectivity index (χ0v) is 20.9. The van der Waals surface area contributed by atoms with E-state index in [1.165, 1.54) is 0 Å². The number of carbonyl (C=O) groups is 2. The van der Waals surface area contributed by atoms with Gasteiger partial charge in [0.1, 0.15) is 0 Å². The number of carbonyl (C=O) groups excluding carboxylic acids is 1. The molecule has 5 nitrogen and oxygen atoms in total. The van der Waals surface area contributed by atoms with E-state index in [1.54, 1.807) is 19.9 Å². The standard InChI is InChI=1S/C26H33Cl2NO4/c1-4-6-22(16(2)30)29-24(17-9-11-19(27)12-10-17)21(18-7-5-8-20(28)13-18)14-26(3,25(29)33)15-23(31)32/h5,7-9,11-13,16-17,21-22,24,30H,4,6,10,14-15H2,1-3H3,(H,31,32)/t16-,17?,21+,22-,24+,26+/m0/s1. The highest BCUT2D eigenvalue weighted by Crippen LogP contribution is 2.49. The molecule has 0 spiro atoms. The van der Waals surface area contributed by atoms with Crippen molar-refractivity contribution in [1.29, 1.82) is 0 Å². The zero-order chi connectivity index (χ0) is 24.3. The van der Waals surface area contributed by atoms with Crippen molar-refractivity contribution in [1.82, 2.24) is 4.90 Å². The third kappa shape index (κ3) is 5.64. The fraction of sp³-hybridized carbons (Fsp3) is 0.538. The summed E-state index contributed by atoms with van der Waals surface area (Å²) in [6.07, 6.45) is 7.29. The van der Waals surface area contributed by atoms with Gasteiger partial charge in [0.25, 0.3) is 0 Å². The van der Waals surface area contributed by atoms with Crippen molar-refractivity contribution in [3.05, 3.63) is 58.1 Å². The Morgan fingerprint density at radius 3 is 2.61 bits per heavy atom. The Morgan fingerprint density at radius 2 is 2.06 bits per heavy atom. The molecule has 1 aromatic rings. The normalized spacial score (nSPS) is 29.5. The molecular weight excluding hydrogens is 461 g/mol. The van der Waals surface area contributed by atoms with Crippen LogP contribution in [0.3, 0.4) is 0 Å². The number of allylic oxidation sites excluding steroid dienone is 3. The van der Waals surface area contributed by atoms with Crippen molar-refractivity contribution >= 4 is 35.1 Å². The van der Waals surface area contributed by atoms with Gasteiger partial charge in [0.2, 0.25) is 5.91 Å². The number of aliphatic hydroxyl groups is 1. The van der Waals surface area contributed by atoms with E-state index < -0.39 is 23.5 Å². The molecule has 2 aliphatic rings. The molecule has 1 aliphatic heterocycles. The molecule has 3 rings (SSSR count). The number of aliphatic carboxylic acids is 1. The van der Waals surface area contributed by atoms with E-state index in [0.717, 1.165) is 12.0 Å². The number of hydrogen-bond acceptors (Lipinski definition) is 3. The predicted octanol–water partition coefficient (Wildman–Crippen LogP) is 5.75. The average molecular weight is 494 g/mol. The summed E-state index contributed by atoms with van der Waals surface area (Å²) >= 11 is 12.5. The number of carboxylic acids is 1. The van der Waals surface area contributed by atoms with E-state index in [1.807, 2.05) is 48.3 Å². The molecule has 1 amide bonds. The molecule has 1 heterocycles. The van der Waals surface area contributed by atoms with Gasteiger partial charge in [-0.1, -0.05) is 67.8 Å². The molecule has 6 atom stereocenters.